The Morgan fingerprint density at radius 1 is 1.52 bits per heavy atom. The van der Waals surface area contributed by atoms with E-state index in [2.05, 4.69) is 4.98 Å². The number of nitrogens with one attached hydrogen (secondary N) is 1. The molecule has 3 N–H and O–H groups in total. The van der Waals surface area contributed by atoms with Crippen molar-refractivity contribution in [3.05, 3.63) is 33.7 Å². The Bertz CT molecular complexity index is 643. The lowest BCUT2D eigenvalue weighted by Gasteiger charge is -2.34. The van der Waals surface area contributed by atoms with Crippen LogP contribution in [-0.2, 0) is 9.53 Å². The van der Waals surface area contributed by atoms with Crippen LogP contribution in [0.2, 0.25) is 0 Å². The van der Waals surface area contributed by atoms with Crippen molar-refractivity contribution in [2.45, 2.75) is 13.0 Å². The molecule has 8 nitrogen and oxygen atoms in total. The first-order valence-electron chi connectivity index (χ1n) is 7.44. The van der Waals surface area contributed by atoms with E-state index in [0.717, 1.165) is 0 Å². The Morgan fingerprint density at radius 2 is 2.26 bits per heavy atom. The monoisotopic (exact) mass is 322 g/mol. The summed E-state index contributed by atoms with van der Waals surface area (Å²) in [5, 5.41) is 0. The highest BCUT2D eigenvalue weighted by molar-refractivity contribution is 5.95. The van der Waals surface area contributed by atoms with Gasteiger partial charge in [0.1, 0.15) is 5.56 Å². The Labute approximate surface area is 134 Å². The summed E-state index contributed by atoms with van der Waals surface area (Å²) in [4.78, 5) is 41.3. The van der Waals surface area contributed by atoms with Crippen LogP contribution in [-0.4, -0.2) is 72.5 Å². The Hall–Kier alpha value is -2.19. The molecule has 0 bridgehead atoms. The topological polar surface area (TPSA) is 109 Å². The second-order valence-corrected chi connectivity index (χ2v) is 5.77. The van der Waals surface area contributed by atoms with Crippen molar-refractivity contribution >= 4 is 11.8 Å². The van der Waals surface area contributed by atoms with Gasteiger partial charge in [0.05, 0.1) is 19.3 Å². The van der Waals surface area contributed by atoms with Crippen LogP contribution in [0.1, 0.15) is 15.9 Å². The molecular formula is C15H22N4O4. The van der Waals surface area contributed by atoms with Gasteiger partial charge in [-0.05, 0) is 25.6 Å². The molecular weight excluding hydrogens is 300 g/mol. The molecule has 1 aromatic heterocycles. The third-order valence-electron chi connectivity index (χ3n) is 3.75. The number of hydrogen-bond acceptors (Lipinski definition) is 5. The molecule has 0 spiro atoms. The smallest absolute Gasteiger partial charge is 0.261 e. The van der Waals surface area contributed by atoms with Crippen molar-refractivity contribution in [1.29, 1.82) is 0 Å². The SMILES string of the molecule is Cc1cc[nH]c(=O)c1C(=O)N1CCO[C@H](CN(C)CC(N)=O)C1. The van der Waals surface area contributed by atoms with Crippen molar-refractivity contribution in [3.8, 4) is 0 Å². The predicted molar refractivity (Wildman–Crippen MR) is 84.1 cm³/mol. The minimum atomic E-state index is -0.414. The lowest BCUT2D eigenvalue weighted by molar-refractivity contribution is -0.119. The molecule has 0 unspecified atom stereocenters. The number of H-pyrrole nitrogens is 1. The normalized spacial score (nSPS) is 18.2. The molecule has 1 atom stereocenters. The number of carbonyl (C=O) groups is 2. The highest BCUT2D eigenvalue weighted by Crippen LogP contribution is 2.11. The van der Waals surface area contributed by atoms with Crippen LogP contribution in [0.15, 0.2) is 17.1 Å². The van der Waals surface area contributed by atoms with E-state index in [-0.39, 0.29) is 29.7 Å². The largest absolute Gasteiger partial charge is 0.373 e. The standard InChI is InChI=1S/C15H22N4O4/c1-10-3-4-17-14(21)13(10)15(22)19-5-6-23-11(8-19)7-18(2)9-12(16)20/h3-4,11H,5-9H2,1-2H3,(H2,16,20)(H,17,21)/t11-/m1/s1. The number of morpholine rings is 1. The maximum atomic E-state index is 12.6. The molecule has 0 aliphatic carbocycles. The van der Waals surface area contributed by atoms with Crippen molar-refractivity contribution < 1.29 is 14.3 Å². The van der Waals surface area contributed by atoms with E-state index in [1.807, 2.05) is 0 Å². The highest BCUT2D eigenvalue weighted by Gasteiger charge is 2.28. The second kappa shape index (κ2) is 7.38. The summed E-state index contributed by atoms with van der Waals surface area (Å²) >= 11 is 0. The number of ether oxygens (including phenoxy) is 1. The fourth-order valence-corrected chi connectivity index (χ4v) is 2.69. The fourth-order valence-electron chi connectivity index (χ4n) is 2.69. The van der Waals surface area contributed by atoms with E-state index in [1.54, 1.807) is 29.8 Å². The van der Waals surface area contributed by atoms with E-state index >= 15 is 0 Å². The van der Waals surface area contributed by atoms with Gasteiger partial charge >= 0.3 is 0 Å². The van der Waals surface area contributed by atoms with E-state index in [4.69, 9.17) is 10.5 Å². The molecule has 126 valence electrons. The lowest BCUT2D eigenvalue weighted by Crippen LogP contribution is -2.50. The van der Waals surface area contributed by atoms with Crippen molar-refractivity contribution in [1.82, 2.24) is 14.8 Å². The third-order valence-corrected chi connectivity index (χ3v) is 3.75. The Balaban J connectivity index is 2.05. The number of aryl methyl sites for hydroxylation is 1. The second-order valence-electron chi connectivity index (χ2n) is 5.77. The zero-order valence-corrected chi connectivity index (χ0v) is 13.4. The summed E-state index contributed by atoms with van der Waals surface area (Å²) in [6.45, 7) is 3.55. The molecule has 1 saturated heterocycles. The highest BCUT2D eigenvalue weighted by atomic mass is 16.5. The number of pyridine rings is 1. The molecule has 1 fully saturated rings. The first-order chi connectivity index (χ1) is 10.9. The zero-order chi connectivity index (χ0) is 17.0. The number of primary amides is 1. The average molecular weight is 322 g/mol. The van der Waals surface area contributed by atoms with Crippen molar-refractivity contribution in [2.24, 2.45) is 5.73 Å². The summed E-state index contributed by atoms with van der Waals surface area (Å²) in [7, 11) is 1.76. The van der Waals surface area contributed by atoms with Crippen molar-refractivity contribution in [2.75, 3.05) is 39.8 Å². The Morgan fingerprint density at radius 3 is 2.91 bits per heavy atom. The van der Waals surface area contributed by atoms with Gasteiger partial charge in [-0.1, -0.05) is 0 Å². The van der Waals surface area contributed by atoms with E-state index < -0.39 is 5.91 Å². The number of carbonyl (C=O) groups excluding carboxylic acids is 2. The van der Waals surface area contributed by atoms with Gasteiger partial charge in [-0.2, -0.15) is 0 Å². The predicted octanol–water partition coefficient (Wildman–Crippen LogP) is -1.06. The van der Waals surface area contributed by atoms with Crippen LogP contribution in [0.25, 0.3) is 0 Å². The van der Waals surface area contributed by atoms with E-state index in [1.165, 1.54) is 6.20 Å². The maximum Gasteiger partial charge on any atom is 0.261 e. The number of likely N-dealkylation sites (N-methyl/N-ethyl adjacent to an activating group) is 1. The van der Waals surface area contributed by atoms with Gasteiger partial charge in [-0.25, -0.2) is 0 Å². The summed E-state index contributed by atoms with van der Waals surface area (Å²) in [6, 6.07) is 1.70. The first-order valence-corrected chi connectivity index (χ1v) is 7.44. The quantitative estimate of drug-likeness (QED) is 0.718. The number of hydrogen-bond donors (Lipinski definition) is 2. The minimum Gasteiger partial charge on any atom is -0.373 e. The van der Waals surface area contributed by atoms with Gasteiger partial charge in [0, 0.05) is 25.8 Å². The minimum absolute atomic E-state index is 0.130. The maximum absolute atomic E-state index is 12.6. The van der Waals surface area contributed by atoms with Crippen LogP contribution in [0.5, 0.6) is 0 Å². The van der Waals surface area contributed by atoms with E-state index in [0.29, 0.717) is 31.8 Å². The zero-order valence-electron chi connectivity index (χ0n) is 13.4. The summed E-state index contributed by atoms with van der Waals surface area (Å²) in [6.07, 6.45) is 1.30. The molecule has 0 saturated carbocycles. The number of aromatic amines is 1. The number of aromatic nitrogens is 1. The summed E-state index contributed by atoms with van der Waals surface area (Å²) in [5.74, 6) is -0.710. The number of amides is 2. The Kier molecular flexibility index (Phi) is 5.51. The van der Waals surface area contributed by atoms with Crippen LogP contribution < -0.4 is 11.3 Å². The van der Waals surface area contributed by atoms with Gasteiger partial charge in [-0.3, -0.25) is 19.3 Å². The molecule has 0 aromatic carbocycles. The molecule has 1 aliphatic rings. The molecule has 1 aromatic rings. The van der Waals surface area contributed by atoms with Crippen LogP contribution >= 0.6 is 0 Å². The summed E-state index contributed by atoms with van der Waals surface area (Å²) in [5.41, 5.74) is 5.59. The van der Waals surface area contributed by atoms with Crippen LogP contribution in [0.3, 0.4) is 0 Å². The first kappa shape index (κ1) is 17.2. The molecule has 2 heterocycles. The third kappa shape index (κ3) is 4.40. The van der Waals surface area contributed by atoms with E-state index in [9.17, 15) is 14.4 Å². The molecule has 2 rings (SSSR count). The summed E-state index contributed by atoms with van der Waals surface area (Å²) < 4.78 is 5.63. The van der Waals surface area contributed by atoms with Crippen molar-refractivity contribution in [3.63, 3.8) is 0 Å². The van der Waals surface area contributed by atoms with Gasteiger partial charge in [-0.15, -0.1) is 0 Å². The molecule has 8 heteroatoms. The van der Waals surface area contributed by atoms with Gasteiger partial charge in [0.15, 0.2) is 0 Å². The lowest BCUT2D eigenvalue weighted by atomic mass is 10.1. The number of nitrogens with zero attached hydrogens (tertiary/aromatic N) is 2. The fraction of sp³-hybridized carbons (Fsp3) is 0.533. The average Bonchev–Trinajstić information content (AvgIpc) is 2.46. The van der Waals surface area contributed by atoms with Crippen LogP contribution in [0, 0.1) is 6.92 Å². The van der Waals surface area contributed by atoms with Gasteiger partial charge in [0.25, 0.3) is 11.5 Å². The number of nitrogens with two attached hydrogens (primary N) is 1. The van der Waals surface area contributed by atoms with Gasteiger partial charge < -0.3 is 20.4 Å². The number of rotatable bonds is 5. The molecule has 1 aliphatic heterocycles. The molecule has 2 amide bonds. The van der Waals surface area contributed by atoms with Gasteiger partial charge in [0.2, 0.25) is 5.91 Å². The van der Waals surface area contributed by atoms with Crippen LogP contribution in [0.4, 0.5) is 0 Å². The molecule has 0 radical (unpaired) electrons. The molecule has 23 heavy (non-hydrogen) atoms.